The topological polar surface area (TPSA) is 123 Å². The fraction of sp³-hybridized carbons (Fsp3) is 0.286. The molecule has 0 fully saturated rings. The molecule has 0 radical (unpaired) electrons. The summed E-state index contributed by atoms with van der Waals surface area (Å²) in [6.07, 6.45) is -1.39. The van der Waals surface area contributed by atoms with Gasteiger partial charge in [0.1, 0.15) is 12.2 Å². The van der Waals surface area contributed by atoms with Crippen LogP contribution < -0.4 is 5.63 Å². The van der Waals surface area contributed by atoms with Gasteiger partial charge >= 0.3 is 19.4 Å². The van der Waals surface area contributed by atoms with Crippen LogP contribution in [0.15, 0.2) is 39.5 Å². The molecule has 0 saturated heterocycles. The summed E-state index contributed by atoms with van der Waals surface area (Å²) in [5, 5.41) is 0.695. The van der Waals surface area contributed by atoms with Crippen molar-refractivity contribution < 1.29 is 33.0 Å². The van der Waals surface area contributed by atoms with E-state index in [2.05, 4.69) is 4.74 Å². The zero-order valence-electron chi connectivity index (χ0n) is 12.0. The quantitative estimate of drug-likeness (QED) is 0.354. The van der Waals surface area contributed by atoms with Gasteiger partial charge in [0.2, 0.25) is 0 Å². The van der Waals surface area contributed by atoms with Crippen molar-refractivity contribution in [2.45, 2.75) is 13.0 Å². The van der Waals surface area contributed by atoms with E-state index in [4.69, 9.17) is 18.9 Å². The van der Waals surface area contributed by atoms with Gasteiger partial charge in [-0.3, -0.25) is 4.57 Å². The molecule has 0 atom stereocenters. The Morgan fingerprint density at radius 2 is 1.96 bits per heavy atom. The average Bonchev–Trinajstić information content (AvgIpc) is 2.48. The lowest BCUT2D eigenvalue weighted by Gasteiger charge is -2.07. The summed E-state index contributed by atoms with van der Waals surface area (Å²) in [7, 11) is -4.10. The lowest BCUT2D eigenvalue weighted by atomic mass is 10.2. The van der Waals surface area contributed by atoms with Gasteiger partial charge in [-0.15, -0.1) is 0 Å². The fourth-order valence-electron chi connectivity index (χ4n) is 1.81. The first-order chi connectivity index (χ1) is 10.8. The van der Waals surface area contributed by atoms with Crippen LogP contribution in [-0.2, 0) is 20.6 Å². The third-order valence-electron chi connectivity index (χ3n) is 2.87. The maximum atomic E-state index is 11.7. The van der Waals surface area contributed by atoms with E-state index < -0.39 is 19.4 Å². The molecule has 0 aliphatic rings. The molecule has 1 aromatic heterocycles. The molecule has 124 valence electrons. The lowest BCUT2D eigenvalue weighted by molar-refractivity contribution is 0.0493. The number of fused-ring (bicyclic) bond motifs is 1. The van der Waals surface area contributed by atoms with Crippen LogP contribution in [0.3, 0.4) is 0 Å². The molecule has 0 aliphatic heterocycles. The summed E-state index contributed by atoms with van der Waals surface area (Å²) in [6.45, 7) is -0.499. The molecule has 0 unspecified atom stereocenters. The molecule has 1 heterocycles. The zero-order valence-corrected chi connectivity index (χ0v) is 12.9. The van der Waals surface area contributed by atoms with Crippen molar-refractivity contribution in [2.24, 2.45) is 0 Å². The average molecular weight is 342 g/mol. The fourth-order valence-corrected chi connectivity index (χ4v) is 2.35. The van der Waals surface area contributed by atoms with E-state index in [0.29, 0.717) is 11.0 Å². The molecule has 23 heavy (non-hydrogen) atoms. The Hall–Kier alpha value is -2.15. The van der Waals surface area contributed by atoms with Crippen LogP contribution in [0.1, 0.15) is 12.0 Å². The van der Waals surface area contributed by atoms with E-state index in [1.54, 1.807) is 30.3 Å². The Balaban J connectivity index is 1.86. The molecule has 0 aliphatic carbocycles. The van der Waals surface area contributed by atoms with Crippen molar-refractivity contribution in [3.63, 3.8) is 0 Å². The largest absolute Gasteiger partial charge is 0.508 e. The maximum Gasteiger partial charge on any atom is 0.508 e. The van der Waals surface area contributed by atoms with Crippen molar-refractivity contribution >= 4 is 24.7 Å². The first kappa shape index (κ1) is 17.2. The molecule has 0 spiro atoms. The SMILES string of the molecule is O=C(OCCCP(=O)(O)O)OCc1cc2ccccc2oc1=O. The molecular formula is C14H15O8P. The van der Waals surface area contributed by atoms with Gasteiger partial charge in [0.05, 0.1) is 18.3 Å². The predicted octanol–water partition coefficient (Wildman–Crippen LogP) is 2.01. The van der Waals surface area contributed by atoms with Gasteiger partial charge in [-0.05, 0) is 18.6 Å². The van der Waals surface area contributed by atoms with Gasteiger partial charge < -0.3 is 23.7 Å². The first-order valence-electron chi connectivity index (χ1n) is 6.71. The van der Waals surface area contributed by atoms with Gasteiger partial charge in [0, 0.05) is 5.39 Å². The Morgan fingerprint density at radius 1 is 1.22 bits per heavy atom. The van der Waals surface area contributed by atoms with E-state index in [1.807, 2.05) is 0 Å². The summed E-state index contributed by atoms with van der Waals surface area (Å²) in [6, 6.07) is 8.47. The van der Waals surface area contributed by atoms with Crippen molar-refractivity contribution in [1.82, 2.24) is 0 Å². The van der Waals surface area contributed by atoms with Crippen LogP contribution in [0.2, 0.25) is 0 Å². The van der Waals surface area contributed by atoms with Gasteiger partial charge in [-0.2, -0.15) is 0 Å². The van der Waals surface area contributed by atoms with Crippen molar-refractivity contribution in [3.05, 3.63) is 46.3 Å². The minimum atomic E-state index is -4.10. The molecule has 0 saturated carbocycles. The first-order valence-corrected chi connectivity index (χ1v) is 8.51. The number of ether oxygens (including phenoxy) is 2. The molecule has 0 bridgehead atoms. The van der Waals surface area contributed by atoms with Crippen molar-refractivity contribution in [2.75, 3.05) is 12.8 Å². The van der Waals surface area contributed by atoms with Crippen molar-refractivity contribution in [1.29, 1.82) is 0 Å². The highest BCUT2D eigenvalue weighted by molar-refractivity contribution is 7.51. The van der Waals surface area contributed by atoms with Crippen LogP contribution in [0.5, 0.6) is 0 Å². The molecule has 2 N–H and O–H groups in total. The lowest BCUT2D eigenvalue weighted by Crippen LogP contribution is -2.14. The highest BCUT2D eigenvalue weighted by atomic mass is 31.2. The third-order valence-corrected chi connectivity index (χ3v) is 3.77. The van der Waals surface area contributed by atoms with Crippen molar-refractivity contribution in [3.8, 4) is 0 Å². The number of benzene rings is 1. The molecule has 2 rings (SSSR count). The number of para-hydroxylation sites is 1. The minimum absolute atomic E-state index is 0.0114. The third kappa shape index (κ3) is 5.52. The Morgan fingerprint density at radius 3 is 2.70 bits per heavy atom. The normalized spacial score (nSPS) is 11.4. The predicted molar refractivity (Wildman–Crippen MR) is 80.1 cm³/mol. The van der Waals surface area contributed by atoms with Crippen LogP contribution in [0.4, 0.5) is 4.79 Å². The molecule has 8 nitrogen and oxygen atoms in total. The van der Waals surface area contributed by atoms with Gasteiger partial charge in [0.15, 0.2) is 0 Å². The summed E-state index contributed by atoms with van der Waals surface area (Å²) in [4.78, 5) is 40.4. The van der Waals surface area contributed by atoms with Crippen LogP contribution >= 0.6 is 7.60 Å². The summed E-state index contributed by atoms with van der Waals surface area (Å²) in [5.41, 5.74) is -0.0184. The van der Waals surface area contributed by atoms with Crippen LogP contribution in [0.25, 0.3) is 11.0 Å². The number of rotatable bonds is 6. The van der Waals surface area contributed by atoms with E-state index in [9.17, 15) is 14.2 Å². The highest BCUT2D eigenvalue weighted by Gasteiger charge is 2.13. The number of hydrogen-bond acceptors (Lipinski definition) is 6. The monoisotopic (exact) mass is 342 g/mol. The number of hydrogen-bond donors (Lipinski definition) is 2. The second-order valence-electron chi connectivity index (χ2n) is 4.73. The van der Waals surface area contributed by atoms with Gasteiger partial charge in [-0.1, -0.05) is 18.2 Å². The van der Waals surface area contributed by atoms with E-state index in [1.165, 1.54) is 0 Å². The Bertz CT molecular complexity index is 791. The van der Waals surface area contributed by atoms with E-state index in [0.717, 1.165) is 0 Å². The minimum Gasteiger partial charge on any atom is -0.434 e. The molecule has 2 aromatic rings. The molecule has 0 amide bonds. The second kappa shape index (κ2) is 7.41. The molecular weight excluding hydrogens is 327 g/mol. The summed E-state index contributed by atoms with van der Waals surface area (Å²) < 4.78 is 25.1. The number of carbonyl (C=O) groups excluding carboxylic acids is 1. The van der Waals surface area contributed by atoms with E-state index in [-0.39, 0.29) is 31.4 Å². The zero-order chi connectivity index (χ0) is 16.9. The van der Waals surface area contributed by atoms with Gasteiger partial charge in [-0.25, -0.2) is 9.59 Å². The maximum absolute atomic E-state index is 11.7. The molecule has 9 heteroatoms. The standard InChI is InChI=1S/C14H15O8P/c15-13-11(8-10-4-1-2-5-12(10)22-13)9-21-14(16)20-6-3-7-23(17,18)19/h1-2,4-5,8H,3,6-7,9H2,(H2,17,18,19). The van der Waals surface area contributed by atoms with Crippen LogP contribution in [0, 0.1) is 0 Å². The van der Waals surface area contributed by atoms with Gasteiger partial charge in [0.25, 0.3) is 0 Å². The highest BCUT2D eigenvalue weighted by Crippen LogP contribution is 2.34. The second-order valence-corrected chi connectivity index (χ2v) is 6.50. The number of carbonyl (C=O) groups is 1. The Kier molecular flexibility index (Phi) is 5.54. The summed E-state index contributed by atoms with van der Waals surface area (Å²) >= 11 is 0. The summed E-state index contributed by atoms with van der Waals surface area (Å²) in [5.74, 6) is 0. The Labute approximate surface area is 130 Å². The smallest absolute Gasteiger partial charge is 0.434 e. The van der Waals surface area contributed by atoms with Crippen LogP contribution in [-0.4, -0.2) is 28.7 Å². The van der Waals surface area contributed by atoms with E-state index >= 15 is 0 Å². The molecule has 1 aromatic carbocycles.